The fourth-order valence-corrected chi connectivity index (χ4v) is 4.76. The number of piperidine rings is 1. The van der Waals surface area contributed by atoms with Crippen LogP contribution in [0.25, 0.3) is 11.4 Å². The molecule has 0 saturated carbocycles. The highest BCUT2D eigenvalue weighted by Crippen LogP contribution is 2.32. The standard InChI is InChI=1S/C23H26N4O2/c1-2-29-21-6-4-3-5-17(21)15-26-10-9-25-22(26)19-7-8-20-18-11-16(12-24-13-18)14-27(20)23(19)28/h3-10,16,18,24H,2,11-15H2,1H3/t16-,18+/m0/s1. The number of hydrogen-bond donors (Lipinski definition) is 1. The molecule has 0 amide bonds. The summed E-state index contributed by atoms with van der Waals surface area (Å²) in [6.45, 7) is 5.96. The van der Waals surface area contributed by atoms with Crippen LogP contribution in [-0.4, -0.2) is 33.8 Å². The molecule has 0 spiro atoms. The first-order chi connectivity index (χ1) is 14.2. The Morgan fingerprint density at radius 3 is 3.00 bits per heavy atom. The van der Waals surface area contributed by atoms with Gasteiger partial charge in [-0.2, -0.15) is 0 Å². The number of para-hydroxylation sites is 1. The number of aromatic nitrogens is 3. The molecule has 6 nitrogen and oxygen atoms in total. The van der Waals surface area contributed by atoms with Gasteiger partial charge in [0.05, 0.1) is 18.7 Å². The van der Waals surface area contributed by atoms with E-state index >= 15 is 0 Å². The minimum absolute atomic E-state index is 0.0737. The van der Waals surface area contributed by atoms with Gasteiger partial charge in [0.15, 0.2) is 0 Å². The van der Waals surface area contributed by atoms with Crippen molar-refractivity contribution >= 4 is 0 Å². The van der Waals surface area contributed by atoms with Gasteiger partial charge in [0.1, 0.15) is 11.6 Å². The number of nitrogens with zero attached hydrogens (tertiary/aromatic N) is 3. The first kappa shape index (κ1) is 18.2. The van der Waals surface area contributed by atoms with Crippen molar-refractivity contribution in [3.8, 4) is 17.1 Å². The van der Waals surface area contributed by atoms with Gasteiger partial charge in [0.2, 0.25) is 0 Å². The van der Waals surface area contributed by atoms with Crippen molar-refractivity contribution < 1.29 is 4.74 Å². The largest absolute Gasteiger partial charge is 0.494 e. The van der Waals surface area contributed by atoms with E-state index in [0.29, 0.717) is 36.4 Å². The van der Waals surface area contributed by atoms with E-state index in [1.807, 2.05) is 46.5 Å². The van der Waals surface area contributed by atoms with Crippen molar-refractivity contribution in [1.29, 1.82) is 0 Å². The Kier molecular flexibility index (Phi) is 4.72. The minimum Gasteiger partial charge on any atom is -0.494 e. The van der Waals surface area contributed by atoms with Gasteiger partial charge in [-0.05, 0) is 44.0 Å². The molecular weight excluding hydrogens is 364 g/mol. The van der Waals surface area contributed by atoms with Crippen LogP contribution in [0.15, 0.2) is 53.6 Å². The summed E-state index contributed by atoms with van der Waals surface area (Å²) in [5, 5.41) is 3.50. The van der Waals surface area contributed by atoms with Crippen molar-refractivity contribution in [2.45, 2.75) is 32.4 Å². The Morgan fingerprint density at radius 2 is 2.10 bits per heavy atom. The van der Waals surface area contributed by atoms with Gasteiger partial charge < -0.3 is 19.2 Å². The van der Waals surface area contributed by atoms with Crippen molar-refractivity contribution in [1.82, 2.24) is 19.4 Å². The van der Waals surface area contributed by atoms with E-state index in [9.17, 15) is 4.79 Å². The average Bonchev–Trinajstić information content (AvgIpc) is 3.19. The van der Waals surface area contributed by atoms with E-state index in [2.05, 4.69) is 22.4 Å². The highest BCUT2D eigenvalue weighted by molar-refractivity contribution is 5.55. The van der Waals surface area contributed by atoms with Crippen LogP contribution in [-0.2, 0) is 13.1 Å². The maximum Gasteiger partial charge on any atom is 0.261 e. The van der Waals surface area contributed by atoms with Gasteiger partial charge in [0, 0.05) is 42.7 Å². The van der Waals surface area contributed by atoms with Crippen molar-refractivity contribution in [2.24, 2.45) is 5.92 Å². The van der Waals surface area contributed by atoms with Crippen molar-refractivity contribution in [3.63, 3.8) is 0 Å². The number of imidazole rings is 1. The lowest BCUT2D eigenvalue weighted by atomic mass is 9.84. The molecule has 2 aromatic heterocycles. The number of rotatable bonds is 5. The van der Waals surface area contributed by atoms with E-state index < -0.39 is 0 Å². The molecule has 0 radical (unpaired) electrons. The Labute approximate surface area is 170 Å². The molecule has 6 heteroatoms. The van der Waals surface area contributed by atoms with Gasteiger partial charge in [0.25, 0.3) is 5.56 Å². The van der Waals surface area contributed by atoms with Crippen LogP contribution in [0, 0.1) is 5.92 Å². The quantitative estimate of drug-likeness (QED) is 0.728. The number of hydrogen-bond acceptors (Lipinski definition) is 4. The van der Waals surface area contributed by atoms with Gasteiger partial charge in [-0.1, -0.05) is 18.2 Å². The minimum atomic E-state index is 0.0737. The van der Waals surface area contributed by atoms with Crippen molar-refractivity contribution in [2.75, 3.05) is 19.7 Å². The predicted octanol–water partition coefficient (Wildman–Crippen LogP) is 2.87. The summed E-state index contributed by atoms with van der Waals surface area (Å²) in [6, 6.07) is 12.1. The van der Waals surface area contributed by atoms with E-state index in [0.717, 1.165) is 36.6 Å². The molecule has 1 N–H and O–H groups in total. The maximum atomic E-state index is 13.4. The second kappa shape index (κ2) is 7.52. The maximum absolute atomic E-state index is 13.4. The molecule has 2 aliphatic heterocycles. The molecule has 150 valence electrons. The highest BCUT2D eigenvalue weighted by atomic mass is 16.5. The topological polar surface area (TPSA) is 61.1 Å². The monoisotopic (exact) mass is 390 g/mol. The summed E-state index contributed by atoms with van der Waals surface area (Å²) in [4.78, 5) is 17.9. The molecule has 1 saturated heterocycles. The Morgan fingerprint density at radius 1 is 1.21 bits per heavy atom. The molecule has 3 aromatic rings. The van der Waals surface area contributed by atoms with E-state index in [-0.39, 0.29) is 5.56 Å². The molecule has 0 unspecified atom stereocenters. The molecule has 1 fully saturated rings. The van der Waals surface area contributed by atoms with Crippen LogP contribution in [0.5, 0.6) is 5.75 Å². The second-order valence-corrected chi connectivity index (χ2v) is 7.96. The normalized spacial score (nSPS) is 20.3. The second-order valence-electron chi connectivity index (χ2n) is 7.96. The lowest BCUT2D eigenvalue weighted by Crippen LogP contribution is -2.45. The molecule has 0 aliphatic carbocycles. The summed E-state index contributed by atoms with van der Waals surface area (Å²) in [5.41, 5.74) is 2.97. The smallest absolute Gasteiger partial charge is 0.261 e. The number of ether oxygens (including phenoxy) is 1. The van der Waals surface area contributed by atoms with Crippen LogP contribution < -0.4 is 15.6 Å². The van der Waals surface area contributed by atoms with Gasteiger partial charge in [-0.15, -0.1) is 0 Å². The van der Waals surface area contributed by atoms with Crippen LogP contribution in [0.3, 0.4) is 0 Å². The average molecular weight is 390 g/mol. The van der Waals surface area contributed by atoms with E-state index in [4.69, 9.17) is 4.74 Å². The fourth-order valence-electron chi connectivity index (χ4n) is 4.76. The SMILES string of the molecule is CCOc1ccccc1Cn1ccnc1-c1ccc2n(c1=O)C[C@@H]1CNC[C@H]2C1. The molecule has 5 rings (SSSR count). The third kappa shape index (κ3) is 3.27. The van der Waals surface area contributed by atoms with Gasteiger partial charge in [-0.3, -0.25) is 4.79 Å². The van der Waals surface area contributed by atoms with Crippen LogP contribution in [0.1, 0.15) is 30.5 Å². The molecule has 29 heavy (non-hydrogen) atoms. The molecule has 1 aromatic carbocycles. The first-order valence-electron chi connectivity index (χ1n) is 10.4. The lowest BCUT2D eigenvalue weighted by molar-refractivity contribution is 0.257. The molecule has 2 aliphatic rings. The zero-order chi connectivity index (χ0) is 19.8. The number of nitrogens with one attached hydrogen (secondary N) is 1. The fraction of sp³-hybridized carbons (Fsp3) is 0.391. The molecule has 2 atom stereocenters. The Bertz CT molecular complexity index is 1080. The Hall–Kier alpha value is -2.86. The first-order valence-corrected chi connectivity index (χ1v) is 10.4. The summed E-state index contributed by atoms with van der Waals surface area (Å²) in [7, 11) is 0. The number of fused-ring (bicyclic) bond motifs is 4. The molecule has 2 bridgehead atoms. The van der Waals surface area contributed by atoms with Crippen LogP contribution in [0.2, 0.25) is 0 Å². The summed E-state index contributed by atoms with van der Waals surface area (Å²) >= 11 is 0. The third-order valence-electron chi connectivity index (χ3n) is 6.08. The van der Waals surface area contributed by atoms with Crippen molar-refractivity contribution in [3.05, 3.63) is 70.4 Å². The number of benzene rings is 1. The summed E-state index contributed by atoms with van der Waals surface area (Å²) < 4.78 is 9.79. The molecule has 4 heterocycles. The highest BCUT2D eigenvalue weighted by Gasteiger charge is 2.31. The Balaban J connectivity index is 1.52. The third-order valence-corrected chi connectivity index (χ3v) is 6.08. The summed E-state index contributed by atoms with van der Waals surface area (Å²) in [5.74, 6) is 2.55. The molecular formula is C23H26N4O2. The zero-order valence-electron chi connectivity index (χ0n) is 16.7. The van der Waals surface area contributed by atoms with Gasteiger partial charge in [-0.25, -0.2) is 4.98 Å². The van der Waals surface area contributed by atoms with Crippen LogP contribution >= 0.6 is 0 Å². The van der Waals surface area contributed by atoms with Crippen LogP contribution in [0.4, 0.5) is 0 Å². The predicted molar refractivity (Wildman–Crippen MR) is 112 cm³/mol. The zero-order valence-corrected chi connectivity index (χ0v) is 16.7. The van der Waals surface area contributed by atoms with E-state index in [1.54, 1.807) is 6.20 Å². The summed E-state index contributed by atoms with van der Waals surface area (Å²) in [6.07, 6.45) is 4.87. The lowest BCUT2D eigenvalue weighted by Gasteiger charge is -2.37. The van der Waals surface area contributed by atoms with E-state index in [1.165, 1.54) is 6.42 Å². The number of pyridine rings is 1. The van der Waals surface area contributed by atoms with Gasteiger partial charge >= 0.3 is 0 Å².